The second-order valence-corrected chi connectivity index (χ2v) is 4.79. The lowest BCUT2D eigenvalue weighted by Gasteiger charge is -2.05. The van der Waals surface area contributed by atoms with Crippen LogP contribution >= 0.6 is 23.2 Å². The maximum Gasteiger partial charge on any atom is 0.312 e. The van der Waals surface area contributed by atoms with Crippen molar-refractivity contribution in [2.75, 3.05) is 0 Å². The van der Waals surface area contributed by atoms with E-state index >= 15 is 0 Å². The Hall–Kier alpha value is -1.66. The van der Waals surface area contributed by atoms with Crippen LogP contribution < -0.4 is 0 Å². The van der Waals surface area contributed by atoms with Crippen molar-refractivity contribution in [3.8, 4) is 0 Å². The number of aromatic nitrogens is 3. The summed E-state index contributed by atoms with van der Waals surface area (Å²) in [5.74, 6) is 0. The molecule has 0 spiro atoms. The van der Waals surface area contributed by atoms with Crippen LogP contribution in [0.5, 0.6) is 0 Å². The number of nitrogens with zero attached hydrogens (tertiary/aromatic N) is 4. The molecule has 0 aromatic carbocycles. The smallest absolute Gasteiger partial charge is 0.258 e. The summed E-state index contributed by atoms with van der Waals surface area (Å²) in [5.41, 5.74) is 1.36. The Morgan fingerprint density at radius 3 is 2.63 bits per heavy atom. The van der Waals surface area contributed by atoms with Crippen LogP contribution in [0, 0.1) is 24.0 Å². The third-order valence-electron chi connectivity index (χ3n) is 2.71. The van der Waals surface area contributed by atoms with Crippen LogP contribution in [0.25, 0.3) is 0 Å². The van der Waals surface area contributed by atoms with Crippen molar-refractivity contribution in [1.29, 1.82) is 0 Å². The summed E-state index contributed by atoms with van der Waals surface area (Å²) in [6.07, 6.45) is 0. The average molecular weight is 301 g/mol. The largest absolute Gasteiger partial charge is 0.312 e. The molecule has 6 nitrogen and oxygen atoms in total. The van der Waals surface area contributed by atoms with Crippen LogP contribution in [0.2, 0.25) is 10.2 Å². The molecule has 8 heteroatoms. The molecule has 0 bridgehead atoms. The summed E-state index contributed by atoms with van der Waals surface area (Å²) in [5, 5.41) is 15.8. The number of pyridine rings is 1. The fourth-order valence-corrected chi connectivity index (χ4v) is 2.15. The molecule has 0 aliphatic carbocycles. The summed E-state index contributed by atoms with van der Waals surface area (Å²) in [7, 11) is 0. The minimum atomic E-state index is -0.443. The quantitative estimate of drug-likeness (QED) is 0.496. The molecule has 0 radical (unpaired) electrons. The molecule has 0 amide bonds. The Labute approximate surface area is 119 Å². The van der Waals surface area contributed by atoms with E-state index in [0.717, 1.165) is 0 Å². The molecular formula is C11H10Cl2N4O2. The van der Waals surface area contributed by atoms with Crippen LogP contribution in [-0.2, 0) is 6.54 Å². The lowest BCUT2D eigenvalue weighted by Crippen LogP contribution is -2.06. The van der Waals surface area contributed by atoms with Crippen LogP contribution in [-0.4, -0.2) is 19.7 Å². The molecule has 0 saturated heterocycles. The zero-order chi connectivity index (χ0) is 14.2. The first-order valence-corrected chi connectivity index (χ1v) is 6.15. The molecule has 100 valence electrons. The second-order valence-electron chi connectivity index (χ2n) is 4.00. The molecule has 0 unspecified atom stereocenters. The molecule has 0 saturated carbocycles. The van der Waals surface area contributed by atoms with Crippen molar-refractivity contribution < 1.29 is 4.92 Å². The summed E-state index contributed by atoms with van der Waals surface area (Å²) in [6, 6.07) is 3.21. The predicted molar refractivity (Wildman–Crippen MR) is 71.7 cm³/mol. The number of hydrogen-bond donors (Lipinski definition) is 0. The van der Waals surface area contributed by atoms with Crippen molar-refractivity contribution in [2.45, 2.75) is 20.4 Å². The Kier molecular flexibility index (Phi) is 3.73. The van der Waals surface area contributed by atoms with Crippen LogP contribution in [0.1, 0.15) is 17.1 Å². The summed E-state index contributed by atoms with van der Waals surface area (Å²) in [4.78, 5) is 14.6. The fourth-order valence-electron chi connectivity index (χ4n) is 1.82. The van der Waals surface area contributed by atoms with Gasteiger partial charge in [-0.1, -0.05) is 23.2 Å². The zero-order valence-corrected chi connectivity index (χ0v) is 11.7. The normalized spacial score (nSPS) is 10.7. The van der Waals surface area contributed by atoms with E-state index in [-0.39, 0.29) is 12.2 Å². The SMILES string of the molecule is Cc1nn(Cc2nc(Cl)ccc2Cl)c(C)c1[N+](=O)[O-]. The maximum atomic E-state index is 10.9. The molecule has 0 aliphatic rings. The summed E-state index contributed by atoms with van der Waals surface area (Å²) in [6.45, 7) is 3.46. The monoisotopic (exact) mass is 300 g/mol. The highest BCUT2D eigenvalue weighted by atomic mass is 35.5. The van der Waals surface area contributed by atoms with E-state index in [1.54, 1.807) is 26.0 Å². The molecular weight excluding hydrogens is 291 g/mol. The number of hydrogen-bond acceptors (Lipinski definition) is 4. The van der Waals surface area contributed by atoms with Gasteiger partial charge in [-0.3, -0.25) is 14.8 Å². The maximum absolute atomic E-state index is 10.9. The number of aryl methyl sites for hydroxylation is 1. The van der Waals surface area contributed by atoms with E-state index in [1.165, 1.54) is 4.68 Å². The van der Waals surface area contributed by atoms with Crippen LogP contribution in [0.4, 0.5) is 5.69 Å². The summed E-state index contributed by atoms with van der Waals surface area (Å²) < 4.78 is 1.50. The number of nitro groups is 1. The molecule has 2 aromatic rings. The van der Waals surface area contributed by atoms with Gasteiger partial charge in [0.1, 0.15) is 16.5 Å². The van der Waals surface area contributed by atoms with Gasteiger partial charge in [0.25, 0.3) is 0 Å². The van der Waals surface area contributed by atoms with Gasteiger partial charge in [0.05, 0.1) is 22.2 Å². The van der Waals surface area contributed by atoms with Crippen molar-refractivity contribution >= 4 is 28.9 Å². The second kappa shape index (κ2) is 5.14. The Morgan fingerprint density at radius 2 is 2.05 bits per heavy atom. The first-order chi connectivity index (χ1) is 8.90. The molecule has 0 aliphatic heterocycles. The van der Waals surface area contributed by atoms with Gasteiger partial charge in [-0.15, -0.1) is 0 Å². The van der Waals surface area contributed by atoms with Gasteiger partial charge in [-0.05, 0) is 26.0 Å². The van der Waals surface area contributed by atoms with Gasteiger partial charge in [0.2, 0.25) is 0 Å². The van der Waals surface area contributed by atoms with Gasteiger partial charge in [-0.2, -0.15) is 5.10 Å². The molecule has 2 aromatic heterocycles. The lowest BCUT2D eigenvalue weighted by atomic mass is 10.3. The minimum absolute atomic E-state index is 0.0122. The molecule has 19 heavy (non-hydrogen) atoms. The highest BCUT2D eigenvalue weighted by Gasteiger charge is 2.22. The topological polar surface area (TPSA) is 73.8 Å². The van der Waals surface area contributed by atoms with Crippen molar-refractivity contribution in [3.05, 3.63) is 49.5 Å². The van der Waals surface area contributed by atoms with Gasteiger partial charge in [0, 0.05) is 0 Å². The standard InChI is InChI=1S/C11H10Cl2N4O2/c1-6-11(17(18)19)7(2)16(15-6)5-9-8(12)3-4-10(13)14-9/h3-4H,5H2,1-2H3. The van der Waals surface area contributed by atoms with E-state index in [0.29, 0.717) is 27.3 Å². The highest BCUT2D eigenvalue weighted by Crippen LogP contribution is 2.24. The van der Waals surface area contributed by atoms with E-state index in [1.807, 2.05) is 0 Å². The molecule has 2 heterocycles. The van der Waals surface area contributed by atoms with Gasteiger partial charge in [-0.25, -0.2) is 4.98 Å². The highest BCUT2D eigenvalue weighted by molar-refractivity contribution is 6.32. The van der Waals surface area contributed by atoms with Crippen LogP contribution in [0.3, 0.4) is 0 Å². The molecule has 0 atom stereocenters. The van der Waals surface area contributed by atoms with Crippen molar-refractivity contribution in [1.82, 2.24) is 14.8 Å². The Morgan fingerprint density at radius 1 is 1.37 bits per heavy atom. The number of halogens is 2. The van der Waals surface area contributed by atoms with E-state index < -0.39 is 4.92 Å². The Bertz CT molecular complexity index is 654. The Balaban J connectivity index is 2.42. The van der Waals surface area contributed by atoms with E-state index in [2.05, 4.69) is 10.1 Å². The average Bonchev–Trinajstić information content (AvgIpc) is 2.59. The third kappa shape index (κ3) is 2.69. The first-order valence-electron chi connectivity index (χ1n) is 5.39. The third-order valence-corrected chi connectivity index (χ3v) is 3.26. The van der Waals surface area contributed by atoms with Crippen LogP contribution in [0.15, 0.2) is 12.1 Å². The fraction of sp³-hybridized carbons (Fsp3) is 0.273. The van der Waals surface area contributed by atoms with E-state index in [9.17, 15) is 10.1 Å². The lowest BCUT2D eigenvalue weighted by molar-refractivity contribution is -0.386. The van der Waals surface area contributed by atoms with Crippen molar-refractivity contribution in [3.63, 3.8) is 0 Å². The first kappa shape index (κ1) is 13.8. The molecule has 0 N–H and O–H groups in total. The van der Waals surface area contributed by atoms with Gasteiger partial charge in [0.15, 0.2) is 0 Å². The number of rotatable bonds is 3. The molecule has 2 rings (SSSR count). The predicted octanol–water partition coefficient (Wildman–Crippen LogP) is 3.16. The summed E-state index contributed by atoms with van der Waals surface area (Å²) >= 11 is 11.8. The van der Waals surface area contributed by atoms with Gasteiger partial charge >= 0.3 is 5.69 Å². The van der Waals surface area contributed by atoms with E-state index in [4.69, 9.17) is 23.2 Å². The van der Waals surface area contributed by atoms with Gasteiger partial charge < -0.3 is 0 Å². The molecule has 0 fully saturated rings. The van der Waals surface area contributed by atoms with Crippen molar-refractivity contribution in [2.24, 2.45) is 0 Å². The zero-order valence-electron chi connectivity index (χ0n) is 10.2. The minimum Gasteiger partial charge on any atom is -0.258 e.